The first-order valence-electron chi connectivity index (χ1n) is 11.8. The lowest BCUT2D eigenvalue weighted by Gasteiger charge is -2.20. The quantitative estimate of drug-likeness (QED) is 0.553. The van der Waals surface area contributed by atoms with E-state index in [2.05, 4.69) is 46.2 Å². The lowest BCUT2D eigenvalue weighted by Crippen LogP contribution is -2.32. The summed E-state index contributed by atoms with van der Waals surface area (Å²) in [6.45, 7) is 7.84. The minimum absolute atomic E-state index is 0.0395. The van der Waals surface area contributed by atoms with Crippen LogP contribution in [0.5, 0.6) is 5.75 Å². The Morgan fingerprint density at radius 1 is 1.17 bits per heavy atom. The van der Waals surface area contributed by atoms with Crippen LogP contribution >= 0.6 is 11.6 Å². The number of nitrogens with zero attached hydrogens (tertiary/aromatic N) is 6. The summed E-state index contributed by atoms with van der Waals surface area (Å²) in [5.41, 5.74) is 2.48. The van der Waals surface area contributed by atoms with Crippen LogP contribution in [0.2, 0.25) is 5.02 Å². The number of benzene rings is 1. The Morgan fingerprint density at radius 2 is 1.91 bits per heavy atom. The van der Waals surface area contributed by atoms with Crippen molar-refractivity contribution >= 4 is 29.1 Å². The fourth-order valence-electron chi connectivity index (χ4n) is 4.98. The highest BCUT2D eigenvalue weighted by atomic mass is 35.5. The molecule has 0 saturated carbocycles. The number of halogens is 1. The second kappa shape index (κ2) is 9.47. The van der Waals surface area contributed by atoms with Gasteiger partial charge in [-0.25, -0.2) is 9.97 Å². The van der Waals surface area contributed by atoms with Gasteiger partial charge in [0.15, 0.2) is 0 Å². The zero-order chi connectivity index (χ0) is 24.7. The third-order valence-corrected chi connectivity index (χ3v) is 7.05. The van der Waals surface area contributed by atoms with Crippen LogP contribution in [0.15, 0.2) is 36.7 Å². The Kier molecular flexibility index (Phi) is 6.37. The largest absolute Gasteiger partial charge is 0.495 e. The normalized spacial score (nSPS) is 19.9. The molecule has 1 aromatic carbocycles. The summed E-state index contributed by atoms with van der Waals surface area (Å²) in [7, 11) is 3.73. The SMILES string of the molecule is COc1cc(C(=O)N2CC3CN(C)CC3C2)ccc1Nc1ncc(Cl)c(-c2ccn(C(C)C)n2)n1. The van der Waals surface area contributed by atoms with Gasteiger partial charge in [-0.2, -0.15) is 5.10 Å². The Hall–Kier alpha value is -3.17. The van der Waals surface area contributed by atoms with E-state index in [1.165, 1.54) is 0 Å². The van der Waals surface area contributed by atoms with Gasteiger partial charge < -0.3 is 19.9 Å². The first-order chi connectivity index (χ1) is 16.8. The zero-order valence-electron chi connectivity index (χ0n) is 20.4. The predicted molar refractivity (Wildman–Crippen MR) is 135 cm³/mol. The van der Waals surface area contributed by atoms with Gasteiger partial charge >= 0.3 is 0 Å². The van der Waals surface area contributed by atoms with E-state index in [1.54, 1.807) is 19.4 Å². The van der Waals surface area contributed by atoms with E-state index in [0.717, 1.165) is 26.2 Å². The molecule has 2 unspecified atom stereocenters. The maximum Gasteiger partial charge on any atom is 0.254 e. The van der Waals surface area contributed by atoms with Crippen molar-refractivity contribution in [1.82, 2.24) is 29.5 Å². The second-order valence-electron chi connectivity index (χ2n) is 9.66. The van der Waals surface area contributed by atoms with Gasteiger partial charge in [-0.05, 0) is 57.0 Å². The van der Waals surface area contributed by atoms with Crippen LogP contribution in [0.3, 0.4) is 0 Å². The van der Waals surface area contributed by atoms with Gasteiger partial charge in [-0.3, -0.25) is 9.48 Å². The number of amides is 1. The number of fused-ring (bicyclic) bond motifs is 1. The molecule has 1 amide bonds. The molecule has 2 saturated heterocycles. The second-order valence-corrected chi connectivity index (χ2v) is 10.1. The minimum atomic E-state index is 0.0395. The van der Waals surface area contributed by atoms with Crippen molar-refractivity contribution < 1.29 is 9.53 Å². The van der Waals surface area contributed by atoms with E-state index >= 15 is 0 Å². The molecular weight excluding hydrogens is 466 g/mol. The van der Waals surface area contributed by atoms with Crippen molar-refractivity contribution in [3.63, 3.8) is 0 Å². The summed E-state index contributed by atoms with van der Waals surface area (Å²) in [5, 5.41) is 8.17. The lowest BCUT2D eigenvalue weighted by molar-refractivity contribution is 0.0775. The average molecular weight is 496 g/mol. The summed E-state index contributed by atoms with van der Waals surface area (Å²) in [5.74, 6) is 2.07. The number of methoxy groups -OCH3 is 1. The van der Waals surface area contributed by atoms with Crippen LogP contribution in [-0.2, 0) is 0 Å². The van der Waals surface area contributed by atoms with Crippen LogP contribution in [0, 0.1) is 11.8 Å². The van der Waals surface area contributed by atoms with Gasteiger partial charge in [0, 0.05) is 44.0 Å². The molecule has 4 heterocycles. The number of hydrogen-bond donors (Lipinski definition) is 1. The molecule has 0 spiro atoms. The monoisotopic (exact) mass is 495 g/mol. The summed E-state index contributed by atoms with van der Waals surface area (Å²) < 4.78 is 7.44. The molecule has 10 heteroatoms. The van der Waals surface area contributed by atoms with Crippen LogP contribution < -0.4 is 10.1 Å². The molecule has 2 aromatic heterocycles. The molecule has 1 N–H and O–H groups in total. The van der Waals surface area contributed by atoms with Crippen molar-refractivity contribution in [2.24, 2.45) is 11.8 Å². The third kappa shape index (κ3) is 4.70. The van der Waals surface area contributed by atoms with Crippen LogP contribution in [0.1, 0.15) is 30.2 Å². The Bertz CT molecular complexity index is 1230. The molecule has 5 rings (SSSR count). The molecule has 2 atom stereocenters. The van der Waals surface area contributed by atoms with Gasteiger partial charge in [0.2, 0.25) is 5.95 Å². The molecule has 2 aliphatic heterocycles. The summed E-state index contributed by atoms with van der Waals surface area (Å²) in [4.78, 5) is 26.4. The van der Waals surface area contributed by atoms with E-state index in [4.69, 9.17) is 16.3 Å². The number of rotatable bonds is 6. The van der Waals surface area contributed by atoms with Crippen LogP contribution in [-0.4, -0.2) is 75.8 Å². The van der Waals surface area contributed by atoms with E-state index in [9.17, 15) is 4.79 Å². The molecule has 2 aliphatic rings. The van der Waals surface area contributed by atoms with E-state index < -0.39 is 0 Å². The highest BCUT2D eigenvalue weighted by Crippen LogP contribution is 2.33. The fourth-order valence-corrected chi connectivity index (χ4v) is 5.17. The molecule has 35 heavy (non-hydrogen) atoms. The Morgan fingerprint density at radius 3 is 2.57 bits per heavy atom. The van der Waals surface area contributed by atoms with E-state index in [0.29, 0.717) is 51.2 Å². The van der Waals surface area contributed by atoms with Crippen molar-refractivity contribution in [3.8, 4) is 17.1 Å². The molecule has 0 radical (unpaired) electrons. The summed E-state index contributed by atoms with van der Waals surface area (Å²) in [6.07, 6.45) is 3.45. The first kappa shape index (κ1) is 23.6. The van der Waals surface area contributed by atoms with Gasteiger partial charge in [0.1, 0.15) is 17.1 Å². The number of carbonyl (C=O) groups is 1. The van der Waals surface area contributed by atoms with Crippen molar-refractivity contribution in [2.45, 2.75) is 19.9 Å². The highest BCUT2D eigenvalue weighted by Gasteiger charge is 2.40. The zero-order valence-corrected chi connectivity index (χ0v) is 21.2. The number of anilines is 2. The number of carbonyl (C=O) groups excluding carboxylic acids is 1. The Labute approximate surface area is 210 Å². The lowest BCUT2D eigenvalue weighted by atomic mass is 10.0. The molecule has 184 valence electrons. The summed E-state index contributed by atoms with van der Waals surface area (Å²) in [6, 6.07) is 7.51. The van der Waals surface area contributed by atoms with E-state index in [1.807, 2.05) is 34.0 Å². The predicted octanol–water partition coefficient (Wildman–Crippen LogP) is 3.96. The number of aromatic nitrogens is 4. The van der Waals surface area contributed by atoms with Crippen molar-refractivity contribution in [1.29, 1.82) is 0 Å². The van der Waals surface area contributed by atoms with Gasteiger partial charge in [0.05, 0.1) is 24.0 Å². The van der Waals surface area contributed by atoms with Crippen molar-refractivity contribution in [3.05, 3.63) is 47.2 Å². The molecule has 0 aliphatic carbocycles. The number of likely N-dealkylation sites (tertiary alicyclic amines) is 2. The maximum absolute atomic E-state index is 13.2. The molecule has 2 fully saturated rings. The van der Waals surface area contributed by atoms with Crippen LogP contribution in [0.25, 0.3) is 11.4 Å². The molecule has 3 aromatic rings. The van der Waals surface area contributed by atoms with Gasteiger partial charge in [-0.15, -0.1) is 0 Å². The van der Waals surface area contributed by atoms with Gasteiger partial charge in [-0.1, -0.05) is 11.6 Å². The smallest absolute Gasteiger partial charge is 0.254 e. The molecule has 9 nitrogen and oxygen atoms in total. The standard InChI is InChI=1S/C25H30ClN7O2/c1-15(2)33-8-7-21(30-33)23-19(26)10-27-25(29-23)28-20-6-5-16(9-22(20)35-4)24(34)32-13-17-11-31(3)12-18(17)14-32/h5-10,15,17-18H,11-14H2,1-4H3,(H,27,28,29). The van der Waals surface area contributed by atoms with Crippen LogP contribution in [0.4, 0.5) is 11.6 Å². The number of hydrogen-bond acceptors (Lipinski definition) is 7. The fraction of sp³-hybridized carbons (Fsp3) is 0.440. The summed E-state index contributed by atoms with van der Waals surface area (Å²) >= 11 is 6.37. The van der Waals surface area contributed by atoms with E-state index in [-0.39, 0.29) is 11.9 Å². The first-order valence-corrected chi connectivity index (χ1v) is 12.2. The average Bonchev–Trinajstić information content (AvgIpc) is 3.55. The van der Waals surface area contributed by atoms with Gasteiger partial charge in [0.25, 0.3) is 5.91 Å². The minimum Gasteiger partial charge on any atom is -0.495 e. The molecular formula is C25H30ClN7O2. The van der Waals surface area contributed by atoms with Crippen molar-refractivity contribution in [2.75, 3.05) is 45.7 Å². The Balaban J connectivity index is 1.34. The highest BCUT2D eigenvalue weighted by molar-refractivity contribution is 6.32. The maximum atomic E-state index is 13.2. The number of ether oxygens (including phenoxy) is 1. The number of nitrogens with one attached hydrogen (secondary N) is 1. The molecule has 0 bridgehead atoms. The third-order valence-electron chi connectivity index (χ3n) is 6.78. The topological polar surface area (TPSA) is 88.4 Å².